The van der Waals surface area contributed by atoms with E-state index in [0.717, 1.165) is 16.8 Å². The quantitative estimate of drug-likeness (QED) is 0.569. The maximum absolute atomic E-state index is 14.9. The van der Waals surface area contributed by atoms with Crippen LogP contribution in [0.25, 0.3) is 6.08 Å². The summed E-state index contributed by atoms with van der Waals surface area (Å²) in [6, 6.07) is 17.4. The average molecular weight is 467 g/mol. The monoisotopic (exact) mass is 466 g/mol. The van der Waals surface area contributed by atoms with E-state index in [1.54, 1.807) is 12.1 Å². The fourth-order valence-electron chi connectivity index (χ4n) is 6.28. The molecule has 5 nitrogen and oxygen atoms in total. The molecule has 3 aromatic rings. The molecule has 1 amide bonds. The lowest BCUT2D eigenvalue weighted by Gasteiger charge is -2.37. The highest BCUT2D eigenvalue weighted by Gasteiger charge is 2.70. The molecule has 6 heteroatoms. The second kappa shape index (κ2) is 7.47. The van der Waals surface area contributed by atoms with Gasteiger partial charge in [-0.1, -0.05) is 54.1 Å². The third-order valence-corrected chi connectivity index (χ3v) is 7.63. The van der Waals surface area contributed by atoms with Crippen LogP contribution in [0.15, 0.2) is 72.8 Å². The summed E-state index contributed by atoms with van der Waals surface area (Å²) in [6.07, 6.45) is 3.86. The van der Waals surface area contributed by atoms with Crippen molar-refractivity contribution in [1.82, 2.24) is 0 Å². The SMILES string of the molecule is CC(=O)[C@@H]1[C@@H](C(=O)c2ccccc2F)[C@]2(C(=O)Nc3ccccc32)[C@H]2C=Cc3cc(C)ccc3N12. The van der Waals surface area contributed by atoms with Gasteiger partial charge in [0.25, 0.3) is 0 Å². The van der Waals surface area contributed by atoms with E-state index in [1.807, 2.05) is 60.4 Å². The number of amides is 1. The number of anilines is 2. The van der Waals surface area contributed by atoms with Crippen LogP contribution in [0, 0.1) is 18.7 Å². The summed E-state index contributed by atoms with van der Waals surface area (Å²) < 4.78 is 14.9. The Morgan fingerprint density at radius 2 is 1.77 bits per heavy atom. The number of benzene rings is 3. The van der Waals surface area contributed by atoms with E-state index in [-0.39, 0.29) is 17.3 Å². The van der Waals surface area contributed by atoms with Gasteiger partial charge in [0.2, 0.25) is 5.91 Å². The van der Waals surface area contributed by atoms with Gasteiger partial charge < -0.3 is 10.2 Å². The first-order chi connectivity index (χ1) is 16.9. The standard InChI is InChI=1S/C29H23FN2O3/c1-16-11-13-23-18(15-16)12-14-24-29(20-8-4-6-10-22(20)31-28(29)35)25(26(17(2)33)32(23)24)27(34)19-7-3-5-9-21(19)30/h3-15,24-26H,1-2H3,(H,31,35)/t24-,25+,26-,29-/m1/s1. The molecule has 3 aliphatic heterocycles. The second-order valence-corrected chi connectivity index (χ2v) is 9.52. The normalized spacial score (nSPS) is 25.7. The van der Waals surface area contributed by atoms with Crippen LogP contribution in [0.1, 0.15) is 34.0 Å². The first-order valence-corrected chi connectivity index (χ1v) is 11.6. The van der Waals surface area contributed by atoms with Crippen molar-refractivity contribution < 1.29 is 18.8 Å². The predicted octanol–water partition coefficient (Wildman–Crippen LogP) is 4.70. The summed E-state index contributed by atoms with van der Waals surface area (Å²) in [5, 5.41) is 2.95. The molecule has 3 aromatic carbocycles. The highest BCUT2D eigenvalue weighted by Crippen LogP contribution is 2.57. The molecule has 0 saturated carbocycles. The Labute approximate surface area is 202 Å². The zero-order valence-corrected chi connectivity index (χ0v) is 19.3. The van der Waals surface area contributed by atoms with Crippen LogP contribution < -0.4 is 10.2 Å². The number of nitrogens with one attached hydrogen (secondary N) is 1. The zero-order chi connectivity index (χ0) is 24.5. The molecule has 3 heterocycles. The summed E-state index contributed by atoms with van der Waals surface area (Å²) in [6.45, 7) is 3.42. The first-order valence-electron chi connectivity index (χ1n) is 11.6. The summed E-state index contributed by atoms with van der Waals surface area (Å²) in [4.78, 5) is 43.4. The molecule has 0 aromatic heterocycles. The van der Waals surface area contributed by atoms with Gasteiger partial charge in [0.15, 0.2) is 11.6 Å². The van der Waals surface area contributed by atoms with Gasteiger partial charge in [0.05, 0.1) is 23.6 Å². The van der Waals surface area contributed by atoms with Gasteiger partial charge in [-0.05, 0) is 55.3 Å². The van der Waals surface area contributed by atoms with Crippen LogP contribution in [0.4, 0.5) is 15.8 Å². The molecule has 3 aliphatic rings. The number of nitrogens with zero attached hydrogens (tertiary/aromatic N) is 1. The number of hydrogen-bond donors (Lipinski definition) is 1. The molecule has 0 bridgehead atoms. The largest absolute Gasteiger partial charge is 0.352 e. The summed E-state index contributed by atoms with van der Waals surface area (Å²) >= 11 is 0. The molecular formula is C29H23FN2O3. The third kappa shape index (κ3) is 2.77. The molecule has 1 saturated heterocycles. The van der Waals surface area contributed by atoms with Crippen molar-refractivity contribution in [2.24, 2.45) is 5.92 Å². The Morgan fingerprint density at radius 3 is 2.54 bits per heavy atom. The van der Waals surface area contributed by atoms with Crippen molar-refractivity contribution in [3.05, 3.63) is 101 Å². The van der Waals surface area contributed by atoms with Crippen LogP contribution >= 0.6 is 0 Å². The molecule has 1 spiro atoms. The smallest absolute Gasteiger partial charge is 0.238 e. The minimum absolute atomic E-state index is 0.117. The summed E-state index contributed by atoms with van der Waals surface area (Å²) in [5.41, 5.74) is 2.49. The van der Waals surface area contributed by atoms with Crippen LogP contribution in [0.2, 0.25) is 0 Å². The van der Waals surface area contributed by atoms with Crippen molar-refractivity contribution in [3.8, 4) is 0 Å². The highest BCUT2D eigenvalue weighted by molar-refractivity contribution is 6.16. The van der Waals surface area contributed by atoms with E-state index in [9.17, 15) is 18.8 Å². The van der Waals surface area contributed by atoms with E-state index >= 15 is 0 Å². The van der Waals surface area contributed by atoms with E-state index < -0.39 is 35.0 Å². The Balaban J connectivity index is 1.67. The van der Waals surface area contributed by atoms with Crippen molar-refractivity contribution in [3.63, 3.8) is 0 Å². The van der Waals surface area contributed by atoms with Gasteiger partial charge in [-0.15, -0.1) is 0 Å². The van der Waals surface area contributed by atoms with Crippen molar-refractivity contribution in [1.29, 1.82) is 0 Å². The molecule has 35 heavy (non-hydrogen) atoms. The molecule has 174 valence electrons. The van der Waals surface area contributed by atoms with Gasteiger partial charge in [-0.25, -0.2) is 4.39 Å². The fraction of sp³-hybridized carbons (Fsp3) is 0.207. The topological polar surface area (TPSA) is 66.5 Å². The van der Waals surface area contributed by atoms with Crippen LogP contribution in [0.3, 0.4) is 0 Å². The van der Waals surface area contributed by atoms with Gasteiger partial charge >= 0.3 is 0 Å². The van der Waals surface area contributed by atoms with E-state index in [1.165, 1.54) is 25.1 Å². The van der Waals surface area contributed by atoms with Gasteiger partial charge in [-0.3, -0.25) is 14.4 Å². The molecule has 1 fully saturated rings. The lowest BCUT2D eigenvalue weighted by Crippen LogP contribution is -2.51. The average Bonchev–Trinajstić information content (AvgIpc) is 3.32. The predicted molar refractivity (Wildman–Crippen MR) is 132 cm³/mol. The Hall–Kier alpha value is -4.06. The maximum Gasteiger partial charge on any atom is 0.238 e. The Morgan fingerprint density at radius 1 is 1.03 bits per heavy atom. The number of fused-ring (bicyclic) bond motifs is 6. The number of ketones is 2. The number of Topliss-reactive ketones (excluding diaryl/α,β-unsaturated/α-hetero) is 2. The maximum atomic E-state index is 14.9. The van der Waals surface area contributed by atoms with Crippen LogP contribution in [-0.2, 0) is 15.0 Å². The minimum atomic E-state index is -1.40. The number of carbonyl (C=O) groups is 3. The first kappa shape index (κ1) is 21.5. The van der Waals surface area contributed by atoms with Crippen LogP contribution in [-0.4, -0.2) is 29.6 Å². The Bertz CT molecular complexity index is 1460. The van der Waals surface area contributed by atoms with Gasteiger partial charge in [0.1, 0.15) is 11.2 Å². The second-order valence-electron chi connectivity index (χ2n) is 9.52. The molecule has 0 unspecified atom stereocenters. The lowest BCUT2D eigenvalue weighted by atomic mass is 9.64. The number of para-hydroxylation sites is 1. The van der Waals surface area contributed by atoms with Gasteiger partial charge in [0, 0.05) is 11.4 Å². The Kier molecular flexibility index (Phi) is 4.58. The summed E-state index contributed by atoms with van der Waals surface area (Å²) in [5.74, 6) is -2.94. The van der Waals surface area contributed by atoms with E-state index in [4.69, 9.17) is 0 Å². The van der Waals surface area contributed by atoms with Crippen LogP contribution in [0.5, 0.6) is 0 Å². The lowest BCUT2D eigenvalue weighted by molar-refractivity contribution is -0.122. The van der Waals surface area contributed by atoms with Gasteiger partial charge in [-0.2, -0.15) is 0 Å². The summed E-state index contributed by atoms with van der Waals surface area (Å²) in [7, 11) is 0. The van der Waals surface area contributed by atoms with Crippen molar-refractivity contribution in [2.45, 2.75) is 31.3 Å². The van der Waals surface area contributed by atoms with E-state index in [0.29, 0.717) is 11.3 Å². The number of carbonyl (C=O) groups excluding carboxylic acids is 3. The van der Waals surface area contributed by atoms with Crippen molar-refractivity contribution >= 4 is 34.9 Å². The number of halogens is 1. The number of hydrogen-bond acceptors (Lipinski definition) is 4. The molecule has 4 atom stereocenters. The van der Waals surface area contributed by atoms with E-state index in [2.05, 4.69) is 5.32 Å². The minimum Gasteiger partial charge on any atom is -0.352 e. The number of rotatable bonds is 3. The highest BCUT2D eigenvalue weighted by atomic mass is 19.1. The molecule has 1 N–H and O–H groups in total. The molecule has 0 radical (unpaired) electrons. The zero-order valence-electron chi connectivity index (χ0n) is 19.3. The van der Waals surface area contributed by atoms with Crippen molar-refractivity contribution in [2.75, 3.05) is 10.2 Å². The number of aryl methyl sites for hydroxylation is 1. The third-order valence-electron chi connectivity index (χ3n) is 7.63. The molecule has 6 rings (SSSR count). The molecular weight excluding hydrogens is 443 g/mol. The molecule has 0 aliphatic carbocycles. The fourth-order valence-corrected chi connectivity index (χ4v) is 6.28.